The third kappa shape index (κ3) is 4.61. The molecule has 1 saturated carbocycles. The highest BCUT2D eigenvalue weighted by atomic mass is 35.5. The number of allylic oxidation sites excluding steroid dienone is 2. The lowest BCUT2D eigenvalue weighted by molar-refractivity contribution is 0.305. The van der Waals surface area contributed by atoms with Crippen LogP contribution in [-0.4, -0.2) is 0 Å². The van der Waals surface area contributed by atoms with Gasteiger partial charge in [-0.1, -0.05) is 84.8 Å². The Bertz CT molecular complexity index is 1370. The van der Waals surface area contributed by atoms with Gasteiger partial charge in [-0.3, -0.25) is 0 Å². The normalized spacial score (nSPS) is 21.1. The average Bonchev–Trinajstić information content (AvgIpc) is 2.90. The van der Waals surface area contributed by atoms with Crippen LogP contribution in [0.25, 0.3) is 11.1 Å². The molecule has 4 aromatic carbocycles. The highest BCUT2D eigenvalue weighted by molar-refractivity contribution is 6.30. The van der Waals surface area contributed by atoms with Gasteiger partial charge >= 0.3 is 0 Å². The molecule has 0 N–H and O–H groups in total. The van der Waals surface area contributed by atoms with Gasteiger partial charge in [-0.05, 0) is 103 Å². The van der Waals surface area contributed by atoms with Crippen molar-refractivity contribution in [3.05, 3.63) is 125 Å². The SMILES string of the molecule is CC1(c2ccc(N(c3ccccc3)c3cccc(-c4ccc(Cl)cc4)c3)cc2)C=C2CCCC(C2)C1. The van der Waals surface area contributed by atoms with E-state index < -0.39 is 0 Å². The molecule has 36 heavy (non-hydrogen) atoms. The average molecular weight is 490 g/mol. The van der Waals surface area contributed by atoms with Crippen LogP contribution in [0.3, 0.4) is 0 Å². The molecular weight excluding hydrogens is 458 g/mol. The van der Waals surface area contributed by atoms with Crippen molar-refractivity contribution in [2.24, 2.45) is 5.92 Å². The van der Waals surface area contributed by atoms with Crippen molar-refractivity contribution >= 4 is 28.7 Å². The van der Waals surface area contributed by atoms with E-state index in [-0.39, 0.29) is 5.41 Å². The van der Waals surface area contributed by atoms with Gasteiger partial charge in [0.25, 0.3) is 0 Å². The zero-order valence-corrected chi connectivity index (χ0v) is 21.6. The summed E-state index contributed by atoms with van der Waals surface area (Å²) in [5, 5.41) is 0.756. The zero-order chi connectivity index (χ0) is 24.5. The van der Waals surface area contributed by atoms with Gasteiger partial charge in [-0.25, -0.2) is 0 Å². The number of hydrogen-bond acceptors (Lipinski definition) is 1. The Hall–Kier alpha value is -3.29. The molecule has 2 atom stereocenters. The first-order chi connectivity index (χ1) is 17.6. The second-order valence-corrected chi connectivity index (χ2v) is 11.1. The Morgan fingerprint density at radius 2 is 1.47 bits per heavy atom. The first-order valence-corrected chi connectivity index (χ1v) is 13.5. The van der Waals surface area contributed by atoms with Gasteiger partial charge in [0.2, 0.25) is 0 Å². The summed E-state index contributed by atoms with van der Waals surface area (Å²) in [7, 11) is 0. The van der Waals surface area contributed by atoms with Crippen LogP contribution in [0.4, 0.5) is 17.1 Å². The molecule has 180 valence electrons. The van der Waals surface area contributed by atoms with Crippen molar-refractivity contribution in [3.63, 3.8) is 0 Å². The van der Waals surface area contributed by atoms with Crippen molar-refractivity contribution in [2.45, 2.75) is 44.4 Å². The summed E-state index contributed by atoms with van der Waals surface area (Å²) >= 11 is 6.14. The van der Waals surface area contributed by atoms with Crippen LogP contribution < -0.4 is 4.90 Å². The predicted octanol–water partition coefficient (Wildman–Crippen LogP) is 10.3. The van der Waals surface area contributed by atoms with Crippen molar-refractivity contribution in [3.8, 4) is 11.1 Å². The predicted molar refractivity (Wildman–Crippen MR) is 154 cm³/mol. The number of para-hydroxylation sites is 1. The molecule has 0 aromatic heterocycles. The molecule has 2 bridgehead atoms. The minimum Gasteiger partial charge on any atom is -0.310 e. The second-order valence-electron chi connectivity index (χ2n) is 10.7. The third-order valence-electron chi connectivity index (χ3n) is 7.98. The van der Waals surface area contributed by atoms with Crippen LogP contribution in [0.5, 0.6) is 0 Å². The summed E-state index contributed by atoms with van der Waals surface area (Å²) in [4.78, 5) is 2.35. The molecule has 2 aliphatic rings. The Kier molecular flexibility index (Phi) is 6.19. The third-order valence-corrected chi connectivity index (χ3v) is 8.23. The Morgan fingerprint density at radius 1 is 0.750 bits per heavy atom. The zero-order valence-electron chi connectivity index (χ0n) is 20.8. The van der Waals surface area contributed by atoms with Crippen molar-refractivity contribution in [2.75, 3.05) is 4.90 Å². The summed E-state index contributed by atoms with van der Waals surface area (Å²) in [6.45, 7) is 2.43. The number of halogens is 1. The van der Waals surface area contributed by atoms with Crippen molar-refractivity contribution in [1.82, 2.24) is 0 Å². The van der Waals surface area contributed by atoms with Gasteiger partial charge in [0, 0.05) is 27.5 Å². The van der Waals surface area contributed by atoms with E-state index in [0.29, 0.717) is 0 Å². The van der Waals surface area contributed by atoms with Crippen LogP contribution in [0.1, 0.15) is 44.6 Å². The van der Waals surface area contributed by atoms with Gasteiger partial charge < -0.3 is 4.90 Å². The highest BCUT2D eigenvalue weighted by Gasteiger charge is 2.34. The molecule has 0 saturated heterocycles. The minimum atomic E-state index is 0.142. The molecule has 6 rings (SSSR count). The highest BCUT2D eigenvalue weighted by Crippen LogP contribution is 2.46. The Balaban J connectivity index is 1.38. The monoisotopic (exact) mass is 489 g/mol. The van der Waals surface area contributed by atoms with Crippen LogP contribution in [0.15, 0.2) is 115 Å². The number of anilines is 3. The van der Waals surface area contributed by atoms with Crippen LogP contribution in [0, 0.1) is 5.92 Å². The quantitative estimate of drug-likeness (QED) is 0.252. The van der Waals surface area contributed by atoms with Crippen LogP contribution in [-0.2, 0) is 5.41 Å². The first kappa shape index (κ1) is 23.1. The molecule has 0 aliphatic heterocycles. The molecule has 0 amide bonds. The first-order valence-electron chi connectivity index (χ1n) is 13.1. The molecule has 1 nitrogen and oxygen atoms in total. The van der Waals surface area contributed by atoms with Gasteiger partial charge in [0.1, 0.15) is 0 Å². The molecule has 2 unspecified atom stereocenters. The van der Waals surface area contributed by atoms with Gasteiger partial charge in [-0.2, -0.15) is 0 Å². The maximum atomic E-state index is 6.14. The Labute approximate surface area is 220 Å². The van der Waals surface area contributed by atoms with E-state index >= 15 is 0 Å². The summed E-state index contributed by atoms with van der Waals surface area (Å²) in [5.74, 6) is 0.847. The van der Waals surface area contributed by atoms with E-state index in [0.717, 1.165) is 27.9 Å². The van der Waals surface area contributed by atoms with E-state index in [1.165, 1.54) is 48.9 Å². The summed E-state index contributed by atoms with van der Waals surface area (Å²) in [6, 6.07) is 36.8. The summed E-state index contributed by atoms with van der Waals surface area (Å²) < 4.78 is 0. The van der Waals surface area contributed by atoms with Crippen molar-refractivity contribution in [1.29, 1.82) is 0 Å². The molecule has 2 aliphatic carbocycles. The lowest BCUT2D eigenvalue weighted by Crippen LogP contribution is -2.30. The number of nitrogens with zero attached hydrogens (tertiary/aromatic N) is 1. The topological polar surface area (TPSA) is 3.24 Å². The number of hydrogen-bond donors (Lipinski definition) is 0. The molecule has 0 heterocycles. The number of benzene rings is 4. The largest absolute Gasteiger partial charge is 0.310 e. The maximum absolute atomic E-state index is 6.14. The second kappa shape index (κ2) is 9.64. The lowest BCUT2D eigenvalue weighted by atomic mass is 9.65. The molecule has 0 spiro atoms. The Morgan fingerprint density at radius 3 is 2.22 bits per heavy atom. The van der Waals surface area contributed by atoms with E-state index in [2.05, 4.69) is 109 Å². The number of rotatable bonds is 5. The van der Waals surface area contributed by atoms with Crippen LogP contribution >= 0.6 is 11.6 Å². The van der Waals surface area contributed by atoms with E-state index in [1.807, 2.05) is 12.1 Å². The minimum absolute atomic E-state index is 0.142. The van der Waals surface area contributed by atoms with E-state index in [4.69, 9.17) is 11.6 Å². The molecule has 4 aromatic rings. The standard InChI is InChI=1S/C34H32ClN/c1-34(23-25-7-5-8-26(21-25)24-34)29-15-19-32(20-16-29)36(31-10-3-2-4-11-31)33-12-6-9-28(22-33)27-13-17-30(35)18-14-27/h2-4,6,9-20,22-23,26H,5,7-8,21,24H2,1H3. The fourth-order valence-corrected chi connectivity index (χ4v) is 6.42. The van der Waals surface area contributed by atoms with E-state index in [1.54, 1.807) is 5.57 Å². The van der Waals surface area contributed by atoms with Crippen LogP contribution in [0.2, 0.25) is 5.02 Å². The molecular formula is C34H32ClN. The van der Waals surface area contributed by atoms with E-state index in [9.17, 15) is 0 Å². The molecule has 0 radical (unpaired) electrons. The molecule has 2 heteroatoms. The van der Waals surface area contributed by atoms with Crippen molar-refractivity contribution < 1.29 is 0 Å². The molecule has 1 fully saturated rings. The smallest absolute Gasteiger partial charge is 0.0467 e. The van der Waals surface area contributed by atoms with Gasteiger partial charge in [0.15, 0.2) is 0 Å². The summed E-state index contributed by atoms with van der Waals surface area (Å²) in [6.07, 6.45) is 9.21. The fourth-order valence-electron chi connectivity index (χ4n) is 6.29. The van der Waals surface area contributed by atoms with Gasteiger partial charge in [-0.15, -0.1) is 0 Å². The lowest BCUT2D eigenvalue weighted by Gasteiger charge is -2.40. The summed E-state index contributed by atoms with van der Waals surface area (Å²) in [5.41, 5.74) is 9.05. The maximum Gasteiger partial charge on any atom is 0.0467 e. The van der Waals surface area contributed by atoms with Gasteiger partial charge in [0.05, 0.1) is 0 Å². The number of fused-ring (bicyclic) bond motifs is 2. The fraction of sp³-hybridized carbons (Fsp3) is 0.235.